The molecule has 20 heavy (non-hydrogen) atoms. The molecule has 0 unspecified atom stereocenters. The molecule has 102 valence electrons. The summed E-state index contributed by atoms with van der Waals surface area (Å²) in [5.74, 6) is 0. The van der Waals surface area contributed by atoms with Crippen molar-refractivity contribution in [3.63, 3.8) is 0 Å². The molecule has 6 nitrogen and oxygen atoms in total. The van der Waals surface area contributed by atoms with E-state index in [0.29, 0.717) is 16.7 Å². The normalized spacial score (nSPS) is 11.2. The smallest absolute Gasteiger partial charge is 0.279 e. The molecule has 0 aliphatic heterocycles. The molecule has 3 rings (SSSR count). The monoisotopic (exact) mass is 270 g/mol. The Kier molecular flexibility index (Phi) is 2.60. The van der Waals surface area contributed by atoms with Gasteiger partial charge in [-0.15, -0.1) is 0 Å². The van der Waals surface area contributed by atoms with E-state index in [1.165, 1.54) is 11.6 Å². The van der Waals surface area contributed by atoms with Gasteiger partial charge in [0.2, 0.25) is 0 Å². The molecule has 0 saturated heterocycles. The van der Waals surface area contributed by atoms with Crippen molar-refractivity contribution in [1.29, 1.82) is 0 Å². The average molecular weight is 270 g/mol. The average Bonchev–Trinajstić information content (AvgIpc) is 2.88. The third-order valence-electron chi connectivity index (χ3n) is 3.50. The van der Waals surface area contributed by atoms with Crippen molar-refractivity contribution in [2.75, 3.05) is 0 Å². The van der Waals surface area contributed by atoms with E-state index >= 15 is 0 Å². The van der Waals surface area contributed by atoms with Gasteiger partial charge in [0.05, 0.1) is 5.69 Å². The van der Waals surface area contributed by atoms with Gasteiger partial charge >= 0.3 is 5.69 Å². The number of aromatic nitrogens is 4. The van der Waals surface area contributed by atoms with Gasteiger partial charge in [-0.3, -0.25) is 19.0 Å². The van der Waals surface area contributed by atoms with Crippen molar-refractivity contribution in [2.24, 2.45) is 14.1 Å². The van der Waals surface area contributed by atoms with Crippen LogP contribution in [0, 0.1) is 6.92 Å². The van der Waals surface area contributed by atoms with Crippen LogP contribution in [0.1, 0.15) is 5.56 Å². The molecule has 0 saturated carbocycles. The van der Waals surface area contributed by atoms with Gasteiger partial charge in [0.25, 0.3) is 5.56 Å². The Balaban J connectivity index is 2.43. The highest BCUT2D eigenvalue weighted by Crippen LogP contribution is 2.22. The highest BCUT2D eigenvalue weighted by atomic mass is 16.2. The van der Waals surface area contributed by atoms with Gasteiger partial charge in [0.15, 0.2) is 5.65 Å². The number of aromatic amines is 1. The van der Waals surface area contributed by atoms with Crippen LogP contribution in [0.25, 0.3) is 22.3 Å². The second kappa shape index (κ2) is 4.19. The van der Waals surface area contributed by atoms with Gasteiger partial charge in [-0.25, -0.2) is 4.79 Å². The molecular formula is C14H14N4O2. The summed E-state index contributed by atoms with van der Waals surface area (Å²) in [4.78, 5) is 24.2. The Morgan fingerprint density at radius 3 is 2.35 bits per heavy atom. The van der Waals surface area contributed by atoms with Gasteiger partial charge in [-0.2, -0.15) is 5.10 Å². The van der Waals surface area contributed by atoms with Crippen LogP contribution in [-0.4, -0.2) is 19.3 Å². The number of nitrogens with zero attached hydrogens (tertiary/aromatic N) is 3. The summed E-state index contributed by atoms with van der Waals surface area (Å²) < 4.78 is 2.46. The van der Waals surface area contributed by atoms with Crippen molar-refractivity contribution < 1.29 is 0 Å². The van der Waals surface area contributed by atoms with E-state index in [1.54, 1.807) is 7.05 Å². The molecule has 3 aromatic rings. The van der Waals surface area contributed by atoms with Crippen LogP contribution in [0.3, 0.4) is 0 Å². The molecular weight excluding hydrogens is 256 g/mol. The molecule has 0 bridgehead atoms. The number of H-pyrrole nitrogens is 1. The van der Waals surface area contributed by atoms with Crippen LogP contribution in [-0.2, 0) is 14.1 Å². The first-order chi connectivity index (χ1) is 9.50. The third kappa shape index (κ3) is 1.61. The maximum absolute atomic E-state index is 12.3. The van der Waals surface area contributed by atoms with Crippen LogP contribution in [0.15, 0.2) is 33.9 Å². The van der Waals surface area contributed by atoms with Gasteiger partial charge in [0, 0.05) is 19.7 Å². The summed E-state index contributed by atoms with van der Waals surface area (Å²) in [5.41, 5.74) is 2.29. The maximum Gasteiger partial charge on any atom is 0.332 e. The lowest BCUT2D eigenvalue weighted by atomic mass is 10.1. The number of nitrogens with one attached hydrogen (secondary N) is 1. The van der Waals surface area contributed by atoms with E-state index in [-0.39, 0.29) is 11.2 Å². The molecule has 0 atom stereocenters. The lowest BCUT2D eigenvalue weighted by Gasteiger charge is -2.03. The van der Waals surface area contributed by atoms with E-state index in [9.17, 15) is 9.59 Å². The lowest BCUT2D eigenvalue weighted by Crippen LogP contribution is -2.36. The SMILES string of the molecule is Cc1ccc(-c2[nH]nc3c2c(=O)n(C)c(=O)n3C)cc1. The minimum Gasteiger partial charge on any atom is -0.279 e. The van der Waals surface area contributed by atoms with Crippen LogP contribution >= 0.6 is 0 Å². The summed E-state index contributed by atoms with van der Waals surface area (Å²) in [5, 5.41) is 7.40. The van der Waals surface area contributed by atoms with Crippen molar-refractivity contribution in [1.82, 2.24) is 19.3 Å². The minimum atomic E-state index is -0.385. The molecule has 0 aliphatic carbocycles. The van der Waals surface area contributed by atoms with E-state index in [4.69, 9.17) is 0 Å². The molecule has 1 aromatic carbocycles. The number of hydrogen-bond donors (Lipinski definition) is 1. The molecule has 0 radical (unpaired) electrons. The first-order valence-corrected chi connectivity index (χ1v) is 6.22. The highest BCUT2D eigenvalue weighted by Gasteiger charge is 2.16. The Labute approximate surface area is 114 Å². The van der Waals surface area contributed by atoms with Crippen LogP contribution < -0.4 is 11.2 Å². The zero-order chi connectivity index (χ0) is 14.4. The van der Waals surface area contributed by atoms with E-state index in [0.717, 1.165) is 15.7 Å². The quantitative estimate of drug-likeness (QED) is 0.715. The maximum atomic E-state index is 12.3. The van der Waals surface area contributed by atoms with Crippen molar-refractivity contribution >= 4 is 11.0 Å². The van der Waals surface area contributed by atoms with E-state index in [1.807, 2.05) is 31.2 Å². The third-order valence-corrected chi connectivity index (χ3v) is 3.50. The fourth-order valence-electron chi connectivity index (χ4n) is 2.28. The molecule has 0 fully saturated rings. The minimum absolute atomic E-state index is 0.340. The van der Waals surface area contributed by atoms with Gasteiger partial charge < -0.3 is 0 Å². The summed E-state index contributed by atoms with van der Waals surface area (Å²) in [7, 11) is 3.07. The van der Waals surface area contributed by atoms with E-state index < -0.39 is 0 Å². The zero-order valence-corrected chi connectivity index (χ0v) is 11.5. The van der Waals surface area contributed by atoms with E-state index in [2.05, 4.69) is 10.2 Å². The van der Waals surface area contributed by atoms with Crippen molar-refractivity contribution in [2.45, 2.75) is 6.92 Å². The Morgan fingerprint density at radius 1 is 1.05 bits per heavy atom. The Bertz CT molecular complexity index is 913. The highest BCUT2D eigenvalue weighted by molar-refractivity contribution is 5.90. The fraction of sp³-hybridized carbons (Fsp3) is 0.214. The second-order valence-electron chi connectivity index (χ2n) is 4.87. The molecule has 2 heterocycles. The molecule has 0 spiro atoms. The number of aryl methyl sites for hydroxylation is 2. The zero-order valence-electron chi connectivity index (χ0n) is 11.5. The molecule has 0 aliphatic rings. The predicted octanol–water partition coefficient (Wildman–Crippen LogP) is 0.936. The fourth-order valence-corrected chi connectivity index (χ4v) is 2.28. The summed E-state index contributed by atoms with van der Waals surface area (Å²) >= 11 is 0. The standard InChI is InChI=1S/C14H14N4O2/c1-8-4-6-9(7-5-8)11-10-12(16-15-11)17(2)14(20)18(3)13(10)19/h4-7H,1-3H3,(H,15,16). The predicted molar refractivity (Wildman–Crippen MR) is 76.7 cm³/mol. The first-order valence-electron chi connectivity index (χ1n) is 6.22. The first kappa shape index (κ1) is 12.4. The van der Waals surface area contributed by atoms with Crippen LogP contribution in [0.2, 0.25) is 0 Å². The second-order valence-corrected chi connectivity index (χ2v) is 4.87. The summed E-state index contributed by atoms with van der Waals surface area (Å²) in [6, 6.07) is 7.78. The molecule has 0 amide bonds. The van der Waals surface area contributed by atoms with Gasteiger partial charge in [-0.1, -0.05) is 29.8 Å². The summed E-state index contributed by atoms with van der Waals surface area (Å²) in [6.07, 6.45) is 0. The topological polar surface area (TPSA) is 72.7 Å². The largest absolute Gasteiger partial charge is 0.332 e. The van der Waals surface area contributed by atoms with Crippen molar-refractivity contribution in [3.8, 4) is 11.3 Å². The number of rotatable bonds is 1. The summed E-state index contributed by atoms with van der Waals surface area (Å²) in [6.45, 7) is 2.00. The Hall–Kier alpha value is -2.63. The molecule has 6 heteroatoms. The number of fused-ring (bicyclic) bond motifs is 1. The Morgan fingerprint density at radius 2 is 1.70 bits per heavy atom. The number of benzene rings is 1. The molecule has 2 aromatic heterocycles. The van der Waals surface area contributed by atoms with Crippen LogP contribution in [0.4, 0.5) is 0 Å². The lowest BCUT2D eigenvalue weighted by molar-refractivity contribution is 0.708. The van der Waals surface area contributed by atoms with Crippen LogP contribution in [0.5, 0.6) is 0 Å². The molecule has 1 N–H and O–H groups in total. The van der Waals surface area contributed by atoms with Gasteiger partial charge in [-0.05, 0) is 6.92 Å². The van der Waals surface area contributed by atoms with Gasteiger partial charge in [0.1, 0.15) is 5.39 Å². The number of hydrogen-bond acceptors (Lipinski definition) is 3. The van der Waals surface area contributed by atoms with Crippen molar-refractivity contribution in [3.05, 3.63) is 50.7 Å².